The lowest BCUT2D eigenvalue weighted by Crippen LogP contribution is -2.19. The average molecular weight is 485 g/mol. The summed E-state index contributed by atoms with van der Waals surface area (Å²) >= 11 is 0. The lowest BCUT2D eigenvalue weighted by atomic mass is 10.1. The molecular formula is C25H20N6O3S. The van der Waals surface area contributed by atoms with E-state index in [0.717, 1.165) is 21.0 Å². The third-order valence-electron chi connectivity index (χ3n) is 6.08. The Balaban J connectivity index is 1.49. The first-order valence-corrected chi connectivity index (χ1v) is 12.3. The van der Waals surface area contributed by atoms with Gasteiger partial charge in [-0.15, -0.1) is 5.53 Å². The van der Waals surface area contributed by atoms with Gasteiger partial charge in [0.05, 0.1) is 44.9 Å². The van der Waals surface area contributed by atoms with Crippen LogP contribution in [0.25, 0.3) is 16.6 Å². The van der Waals surface area contributed by atoms with E-state index in [1.165, 1.54) is 18.3 Å². The Bertz CT molecular complexity index is 1720. The Morgan fingerprint density at radius 3 is 2.46 bits per heavy atom. The van der Waals surface area contributed by atoms with Crippen LogP contribution >= 0.6 is 0 Å². The Morgan fingerprint density at radius 1 is 0.886 bits per heavy atom. The van der Waals surface area contributed by atoms with Gasteiger partial charge in [0, 0.05) is 5.39 Å². The number of para-hydroxylation sites is 1. The number of carbonyl (C=O) groups is 1. The van der Waals surface area contributed by atoms with Crippen molar-refractivity contribution in [2.24, 2.45) is 0 Å². The summed E-state index contributed by atoms with van der Waals surface area (Å²) in [6.45, 7) is 1.79. The van der Waals surface area contributed by atoms with Crippen molar-refractivity contribution in [1.82, 2.24) is 19.3 Å². The van der Waals surface area contributed by atoms with Gasteiger partial charge < -0.3 is 10.9 Å². The first-order valence-electron chi connectivity index (χ1n) is 10.9. The second kappa shape index (κ2) is 7.83. The Morgan fingerprint density at radius 2 is 1.63 bits per heavy atom. The van der Waals surface area contributed by atoms with Gasteiger partial charge in [-0.2, -0.15) is 5.10 Å². The van der Waals surface area contributed by atoms with Crippen molar-refractivity contribution in [1.29, 1.82) is 0 Å². The van der Waals surface area contributed by atoms with Crippen LogP contribution in [-0.4, -0.2) is 28.0 Å². The second-order valence-electron chi connectivity index (χ2n) is 8.16. The molecule has 0 fully saturated rings. The largest absolute Gasteiger partial charge is 0.302 e. The van der Waals surface area contributed by atoms with Crippen LogP contribution in [0.3, 0.4) is 0 Å². The molecule has 0 radical (unpaired) electrons. The van der Waals surface area contributed by atoms with E-state index in [4.69, 9.17) is 0 Å². The van der Waals surface area contributed by atoms with Crippen LogP contribution in [0.2, 0.25) is 0 Å². The van der Waals surface area contributed by atoms with Crippen molar-refractivity contribution in [3.05, 3.63) is 102 Å². The van der Waals surface area contributed by atoms with Crippen molar-refractivity contribution < 1.29 is 13.2 Å². The molecule has 0 saturated carbocycles. The number of hydrogen-bond donors (Lipinski definition) is 3. The summed E-state index contributed by atoms with van der Waals surface area (Å²) < 4.78 is 30.1. The monoisotopic (exact) mass is 484 g/mol. The van der Waals surface area contributed by atoms with E-state index in [0.29, 0.717) is 22.2 Å². The summed E-state index contributed by atoms with van der Waals surface area (Å²) in [6, 6.07) is 22.4. The minimum Gasteiger partial charge on any atom is -0.302 e. The zero-order valence-corrected chi connectivity index (χ0v) is 19.4. The third kappa shape index (κ3) is 3.30. The normalized spacial score (nSPS) is 12.8. The highest BCUT2D eigenvalue weighted by molar-refractivity contribution is 7.90. The molecule has 1 aliphatic rings. The summed E-state index contributed by atoms with van der Waals surface area (Å²) in [7, 11) is -4.02. The maximum absolute atomic E-state index is 13.8. The Labute approximate surface area is 201 Å². The average Bonchev–Trinajstić information content (AvgIpc) is 3.60. The highest BCUT2D eigenvalue weighted by Crippen LogP contribution is 2.30. The molecule has 5 aromatic rings. The minimum absolute atomic E-state index is 0.0572. The molecule has 0 spiro atoms. The van der Waals surface area contributed by atoms with Gasteiger partial charge in [0.1, 0.15) is 5.69 Å². The topological polar surface area (TPSA) is 110 Å². The molecule has 3 N–H and O–H groups in total. The van der Waals surface area contributed by atoms with E-state index >= 15 is 0 Å². The van der Waals surface area contributed by atoms with E-state index in [-0.39, 0.29) is 10.6 Å². The molecule has 1 aliphatic heterocycles. The van der Waals surface area contributed by atoms with Crippen molar-refractivity contribution in [3.63, 3.8) is 0 Å². The van der Waals surface area contributed by atoms with Gasteiger partial charge in [-0.1, -0.05) is 36.4 Å². The number of hydrazine groups is 2. The number of aromatic nitrogens is 3. The summed E-state index contributed by atoms with van der Waals surface area (Å²) in [5.74, 6) is -0.424. The first-order chi connectivity index (χ1) is 16.9. The predicted octanol–water partition coefficient (Wildman–Crippen LogP) is 3.86. The van der Waals surface area contributed by atoms with Gasteiger partial charge in [-0.3, -0.25) is 4.79 Å². The van der Waals surface area contributed by atoms with E-state index in [2.05, 4.69) is 21.5 Å². The fraction of sp³-hybridized carbons (Fsp3) is 0.0400. The molecule has 35 heavy (non-hydrogen) atoms. The highest BCUT2D eigenvalue weighted by atomic mass is 32.2. The van der Waals surface area contributed by atoms with E-state index < -0.39 is 15.8 Å². The van der Waals surface area contributed by atoms with Crippen LogP contribution in [0.1, 0.15) is 21.7 Å². The van der Waals surface area contributed by atoms with Gasteiger partial charge in [0.25, 0.3) is 10.0 Å². The summed E-state index contributed by atoms with van der Waals surface area (Å²) in [5.41, 5.74) is 12.7. The van der Waals surface area contributed by atoms with E-state index in [9.17, 15) is 13.2 Å². The highest BCUT2D eigenvalue weighted by Gasteiger charge is 2.28. The van der Waals surface area contributed by atoms with Gasteiger partial charge in [0.2, 0.25) is 5.78 Å². The molecule has 0 aliphatic carbocycles. The molecule has 0 amide bonds. The fourth-order valence-electron chi connectivity index (χ4n) is 4.32. The number of ketones is 1. The fourth-order valence-corrected chi connectivity index (χ4v) is 5.85. The third-order valence-corrected chi connectivity index (χ3v) is 7.82. The van der Waals surface area contributed by atoms with Crippen molar-refractivity contribution in [2.75, 3.05) is 10.9 Å². The molecule has 0 atom stereocenters. The van der Waals surface area contributed by atoms with Crippen LogP contribution < -0.4 is 16.4 Å². The number of benzene rings is 3. The molecule has 0 bridgehead atoms. The molecule has 10 heteroatoms. The van der Waals surface area contributed by atoms with Crippen LogP contribution in [-0.2, 0) is 10.0 Å². The Kier molecular flexibility index (Phi) is 4.73. The zero-order chi connectivity index (χ0) is 24.2. The van der Waals surface area contributed by atoms with Gasteiger partial charge in [-0.25, -0.2) is 17.1 Å². The van der Waals surface area contributed by atoms with E-state index in [1.807, 2.05) is 24.3 Å². The maximum Gasteiger partial charge on any atom is 0.268 e. The molecule has 9 nitrogen and oxygen atoms in total. The zero-order valence-electron chi connectivity index (χ0n) is 18.6. The van der Waals surface area contributed by atoms with Gasteiger partial charge in [0.15, 0.2) is 0 Å². The van der Waals surface area contributed by atoms with E-state index in [1.54, 1.807) is 54.1 Å². The predicted molar refractivity (Wildman–Crippen MR) is 133 cm³/mol. The number of rotatable bonds is 5. The van der Waals surface area contributed by atoms with Gasteiger partial charge in [-0.05, 0) is 49.4 Å². The maximum atomic E-state index is 13.8. The second-order valence-corrected chi connectivity index (χ2v) is 9.95. The molecule has 0 saturated heterocycles. The lowest BCUT2D eigenvalue weighted by Gasteiger charge is -2.12. The number of nitrogens with one attached hydrogen (secondary N) is 3. The van der Waals surface area contributed by atoms with Crippen molar-refractivity contribution in [3.8, 4) is 5.69 Å². The van der Waals surface area contributed by atoms with Crippen LogP contribution in [0.4, 0.5) is 11.4 Å². The quantitative estimate of drug-likeness (QED) is 0.325. The number of nitrogens with zero attached hydrogens (tertiary/aromatic N) is 3. The number of hydrogen-bond acceptors (Lipinski definition) is 7. The number of carbonyl (C=O) groups excluding carboxylic acids is 1. The van der Waals surface area contributed by atoms with Crippen molar-refractivity contribution in [2.45, 2.75) is 11.8 Å². The molecule has 3 heterocycles. The summed E-state index contributed by atoms with van der Waals surface area (Å²) in [5, 5.41) is 5.09. The molecule has 2 aromatic heterocycles. The molecular weight excluding hydrogens is 464 g/mol. The Hall–Kier alpha value is -4.41. The molecule has 6 rings (SSSR count). The van der Waals surface area contributed by atoms with Crippen LogP contribution in [0.5, 0.6) is 0 Å². The SMILES string of the molecule is Cc1c(C(=O)c2cc3ccccc3n2S(=O)(=O)c2ccccc2)cnn1-c1ccc2c(c1)NNN2. The molecule has 0 unspecified atom stereocenters. The minimum atomic E-state index is -4.02. The number of anilines is 2. The summed E-state index contributed by atoms with van der Waals surface area (Å²) in [6.07, 6.45) is 1.48. The lowest BCUT2D eigenvalue weighted by molar-refractivity contribution is 0.103. The van der Waals surface area contributed by atoms with Crippen LogP contribution in [0.15, 0.2) is 90.0 Å². The first kappa shape index (κ1) is 21.1. The standard InChI is InChI=1S/C25H20N6O3S/c1-16-20(15-26-30(16)18-11-12-21-22(14-18)28-29-27-21)25(32)24-13-17-7-5-6-10-23(17)31(24)35(33,34)19-8-3-2-4-9-19/h2-15,27-29H,1H3. The molecule has 174 valence electrons. The smallest absolute Gasteiger partial charge is 0.268 e. The molecule has 3 aromatic carbocycles. The summed E-state index contributed by atoms with van der Waals surface area (Å²) in [4.78, 5) is 13.9. The van der Waals surface area contributed by atoms with Crippen molar-refractivity contribution >= 4 is 38.1 Å². The van der Waals surface area contributed by atoms with Gasteiger partial charge >= 0.3 is 0 Å². The number of fused-ring (bicyclic) bond motifs is 2. The van der Waals surface area contributed by atoms with Crippen LogP contribution in [0, 0.1) is 6.92 Å².